The third-order valence-electron chi connectivity index (χ3n) is 3.08. The summed E-state index contributed by atoms with van der Waals surface area (Å²) >= 11 is 5.79. The minimum atomic E-state index is -0.337. The zero-order valence-corrected chi connectivity index (χ0v) is 13.2. The van der Waals surface area contributed by atoms with E-state index in [2.05, 4.69) is 10.9 Å². The average molecular weight is 317 g/mol. The molecule has 0 heterocycles. The van der Waals surface area contributed by atoms with Crippen LogP contribution >= 0.6 is 11.6 Å². The van der Waals surface area contributed by atoms with Crippen LogP contribution in [0.2, 0.25) is 5.02 Å². The lowest BCUT2D eigenvalue weighted by molar-refractivity contribution is -0.121. The minimum Gasteiger partial charge on any atom is -0.273 e. The molecule has 0 spiro atoms. The van der Waals surface area contributed by atoms with Gasteiger partial charge in [0.25, 0.3) is 5.91 Å². The summed E-state index contributed by atoms with van der Waals surface area (Å²) in [4.78, 5) is 23.8. The highest BCUT2D eigenvalue weighted by molar-refractivity contribution is 6.30. The highest BCUT2D eigenvalue weighted by Gasteiger charge is 2.09. The van der Waals surface area contributed by atoms with Crippen molar-refractivity contribution in [2.45, 2.75) is 20.3 Å². The molecule has 5 heteroatoms. The molecule has 2 aromatic carbocycles. The van der Waals surface area contributed by atoms with E-state index in [1.165, 1.54) is 0 Å². The van der Waals surface area contributed by atoms with Crippen LogP contribution < -0.4 is 10.9 Å². The summed E-state index contributed by atoms with van der Waals surface area (Å²) in [6, 6.07) is 12.5. The quantitative estimate of drug-likeness (QED) is 0.855. The molecule has 22 heavy (non-hydrogen) atoms. The van der Waals surface area contributed by atoms with Gasteiger partial charge < -0.3 is 0 Å². The van der Waals surface area contributed by atoms with E-state index < -0.39 is 0 Å². The number of hydrogen-bond acceptors (Lipinski definition) is 2. The molecule has 0 aromatic heterocycles. The van der Waals surface area contributed by atoms with Gasteiger partial charge in [0.15, 0.2) is 0 Å². The van der Waals surface area contributed by atoms with E-state index in [-0.39, 0.29) is 18.2 Å². The first kappa shape index (κ1) is 16.0. The summed E-state index contributed by atoms with van der Waals surface area (Å²) in [5.74, 6) is -0.628. The summed E-state index contributed by atoms with van der Waals surface area (Å²) in [5.41, 5.74) is 8.17. The average Bonchev–Trinajstić information content (AvgIpc) is 2.46. The molecule has 0 aliphatic carbocycles. The van der Waals surface area contributed by atoms with Gasteiger partial charge in [0, 0.05) is 10.6 Å². The lowest BCUT2D eigenvalue weighted by Gasteiger charge is -2.09. The predicted octanol–water partition coefficient (Wildman–Crippen LogP) is 2.96. The van der Waals surface area contributed by atoms with Gasteiger partial charge >= 0.3 is 0 Å². The van der Waals surface area contributed by atoms with Crippen molar-refractivity contribution in [3.05, 3.63) is 69.7 Å². The van der Waals surface area contributed by atoms with Crippen LogP contribution in [-0.2, 0) is 11.2 Å². The number of amides is 2. The number of rotatable bonds is 3. The lowest BCUT2D eigenvalue weighted by Crippen LogP contribution is -2.42. The number of hydrazine groups is 1. The Labute approximate surface area is 134 Å². The molecule has 0 atom stereocenters. The van der Waals surface area contributed by atoms with E-state index in [0.717, 1.165) is 16.7 Å². The molecule has 2 amide bonds. The first-order valence-corrected chi connectivity index (χ1v) is 7.24. The largest absolute Gasteiger partial charge is 0.273 e. The monoisotopic (exact) mass is 316 g/mol. The first-order chi connectivity index (χ1) is 10.4. The van der Waals surface area contributed by atoms with Gasteiger partial charge in [-0.25, -0.2) is 0 Å². The molecule has 0 bridgehead atoms. The third kappa shape index (κ3) is 4.60. The number of carbonyl (C=O) groups is 2. The molecule has 2 aromatic rings. The van der Waals surface area contributed by atoms with Crippen molar-refractivity contribution in [1.29, 1.82) is 0 Å². The van der Waals surface area contributed by atoms with Gasteiger partial charge in [0.05, 0.1) is 6.42 Å². The van der Waals surface area contributed by atoms with Crippen molar-refractivity contribution in [3.8, 4) is 0 Å². The molecule has 4 nitrogen and oxygen atoms in total. The van der Waals surface area contributed by atoms with Crippen LogP contribution in [0.3, 0.4) is 0 Å². The Hall–Kier alpha value is -2.33. The van der Waals surface area contributed by atoms with Crippen molar-refractivity contribution < 1.29 is 9.59 Å². The van der Waals surface area contributed by atoms with Crippen LogP contribution in [0.15, 0.2) is 42.5 Å². The number of carbonyl (C=O) groups excluding carboxylic acids is 2. The van der Waals surface area contributed by atoms with E-state index in [1.807, 2.05) is 19.9 Å². The Kier molecular flexibility index (Phi) is 5.17. The van der Waals surface area contributed by atoms with Crippen LogP contribution in [0.1, 0.15) is 27.0 Å². The standard InChI is InChI=1S/C17H17ClN2O2/c1-11-7-12(2)9-14(8-11)17(22)20-19-16(21)10-13-3-5-15(18)6-4-13/h3-9H,10H2,1-2H3,(H,19,21)(H,20,22). The summed E-state index contributed by atoms with van der Waals surface area (Å²) in [6.07, 6.45) is 0.171. The first-order valence-electron chi connectivity index (χ1n) is 6.86. The molecule has 0 saturated carbocycles. The van der Waals surface area contributed by atoms with Gasteiger partial charge in [-0.2, -0.15) is 0 Å². The summed E-state index contributed by atoms with van der Waals surface area (Å²) in [5, 5.41) is 0.618. The van der Waals surface area contributed by atoms with Gasteiger partial charge in [-0.05, 0) is 43.7 Å². The van der Waals surface area contributed by atoms with E-state index in [4.69, 9.17) is 11.6 Å². The van der Waals surface area contributed by atoms with Crippen molar-refractivity contribution in [2.75, 3.05) is 0 Å². The maximum Gasteiger partial charge on any atom is 0.269 e. The SMILES string of the molecule is Cc1cc(C)cc(C(=O)NNC(=O)Cc2ccc(Cl)cc2)c1. The molecule has 2 N–H and O–H groups in total. The fourth-order valence-corrected chi connectivity index (χ4v) is 2.26. The van der Waals surface area contributed by atoms with Crippen LogP contribution in [0.5, 0.6) is 0 Å². The van der Waals surface area contributed by atoms with Gasteiger partial charge in [-0.1, -0.05) is 40.9 Å². The molecule has 2 rings (SSSR count). The Morgan fingerprint density at radius 1 is 0.955 bits per heavy atom. The number of nitrogens with one attached hydrogen (secondary N) is 2. The molecule has 114 valence electrons. The van der Waals surface area contributed by atoms with Gasteiger partial charge in [-0.3, -0.25) is 20.4 Å². The maximum absolute atomic E-state index is 12.0. The van der Waals surface area contributed by atoms with Crippen LogP contribution in [0, 0.1) is 13.8 Å². The van der Waals surface area contributed by atoms with Gasteiger partial charge in [-0.15, -0.1) is 0 Å². The van der Waals surface area contributed by atoms with Crippen molar-refractivity contribution >= 4 is 23.4 Å². The Bertz CT molecular complexity index is 676. The fourth-order valence-electron chi connectivity index (χ4n) is 2.14. The van der Waals surface area contributed by atoms with E-state index in [0.29, 0.717) is 10.6 Å². The Balaban J connectivity index is 1.90. The van der Waals surface area contributed by atoms with E-state index in [1.54, 1.807) is 36.4 Å². The van der Waals surface area contributed by atoms with Crippen LogP contribution in [0.25, 0.3) is 0 Å². The van der Waals surface area contributed by atoms with Crippen molar-refractivity contribution in [2.24, 2.45) is 0 Å². The fraction of sp³-hybridized carbons (Fsp3) is 0.176. The molecular weight excluding hydrogens is 300 g/mol. The predicted molar refractivity (Wildman–Crippen MR) is 86.7 cm³/mol. The van der Waals surface area contributed by atoms with Crippen molar-refractivity contribution in [3.63, 3.8) is 0 Å². The summed E-state index contributed by atoms with van der Waals surface area (Å²) in [7, 11) is 0. The maximum atomic E-state index is 12.0. The molecule has 0 fully saturated rings. The topological polar surface area (TPSA) is 58.2 Å². The van der Waals surface area contributed by atoms with E-state index >= 15 is 0 Å². The highest BCUT2D eigenvalue weighted by Crippen LogP contribution is 2.10. The van der Waals surface area contributed by atoms with Crippen LogP contribution in [-0.4, -0.2) is 11.8 Å². The molecule has 0 aliphatic heterocycles. The second kappa shape index (κ2) is 7.09. The number of hydrogen-bond donors (Lipinski definition) is 2. The third-order valence-corrected chi connectivity index (χ3v) is 3.33. The number of halogens is 1. The minimum absolute atomic E-state index is 0.171. The highest BCUT2D eigenvalue weighted by atomic mass is 35.5. The molecule has 0 saturated heterocycles. The zero-order valence-electron chi connectivity index (χ0n) is 12.4. The number of aryl methyl sites for hydroxylation is 2. The zero-order chi connectivity index (χ0) is 16.1. The van der Waals surface area contributed by atoms with Gasteiger partial charge in [0.1, 0.15) is 0 Å². The lowest BCUT2D eigenvalue weighted by atomic mass is 10.1. The summed E-state index contributed by atoms with van der Waals surface area (Å²) in [6.45, 7) is 3.84. The number of benzene rings is 2. The molecular formula is C17H17ClN2O2. The Morgan fingerprint density at radius 2 is 1.55 bits per heavy atom. The second-order valence-electron chi connectivity index (χ2n) is 5.18. The van der Waals surface area contributed by atoms with Crippen LogP contribution in [0.4, 0.5) is 0 Å². The van der Waals surface area contributed by atoms with Crippen molar-refractivity contribution in [1.82, 2.24) is 10.9 Å². The Morgan fingerprint density at radius 3 is 2.14 bits per heavy atom. The second-order valence-corrected chi connectivity index (χ2v) is 5.62. The molecule has 0 unspecified atom stereocenters. The van der Waals surface area contributed by atoms with Gasteiger partial charge in [0.2, 0.25) is 5.91 Å². The smallest absolute Gasteiger partial charge is 0.269 e. The van der Waals surface area contributed by atoms with E-state index in [9.17, 15) is 9.59 Å². The normalized spacial score (nSPS) is 10.1. The molecule has 0 aliphatic rings. The summed E-state index contributed by atoms with van der Waals surface area (Å²) < 4.78 is 0. The molecule has 0 radical (unpaired) electrons.